The quantitative estimate of drug-likeness (QED) is 0.196. The Hall–Kier alpha value is -0.810. The average molecular weight is 228 g/mol. The maximum absolute atomic E-state index is 8.43. The summed E-state index contributed by atoms with van der Waals surface area (Å²) in [5, 5.41) is 14.8. The lowest BCUT2D eigenvalue weighted by atomic mass is 10.2. The molecule has 4 N–H and O–H groups in total. The van der Waals surface area contributed by atoms with E-state index in [1.807, 2.05) is 6.92 Å². The second-order valence-corrected chi connectivity index (χ2v) is 4.55. The highest BCUT2D eigenvalue weighted by Gasteiger charge is 2.10. The van der Waals surface area contributed by atoms with E-state index in [4.69, 9.17) is 10.9 Å². The van der Waals surface area contributed by atoms with Crippen molar-refractivity contribution in [2.24, 2.45) is 10.9 Å². The predicted octanol–water partition coefficient (Wildman–Crippen LogP) is 0.587. The zero-order chi connectivity index (χ0) is 11.8. The van der Waals surface area contributed by atoms with E-state index in [1.165, 1.54) is 38.9 Å². The van der Waals surface area contributed by atoms with Crippen LogP contribution < -0.4 is 11.1 Å². The average Bonchev–Trinajstić information content (AvgIpc) is 2.77. The number of nitrogens with zero attached hydrogens (tertiary/aromatic N) is 2. The monoisotopic (exact) mass is 228 g/mol. The molecule has 0 radical (unpaired) electrons. The van der Waals surface area contributed by atoms with Gasteiger partial charge in [-0.2, -0.15) is 0 Å². The molecule has 0 saturated carbocycles. The van der Waals surface area contributed by atoms with Crippen molar-refractivity contribution in [3.8, 4) is 0 Å². The highest BCUT2D eigenvalue weighted by Crippen LogP contribution is 2.06. The third kappa shape index (κ3) is 5.32. The lowest BCUT2D eigenvalue weighted by molar-refractivity contribution is 0.315. The molecule has 0 amide bonds. The van der Waals surface area contributed by atoms with Gasteiger partial charge in [-0.05, 0) is 52.4 Å². The molecule has 1 atom stereocenters. The van der Waals surface area contributed by atoms with Crippen LogP contribution >= 0.6 is 0 Å². The van der Waals surface area contributed by atoms with Crippen molar-refractivity contribution in [1.29, 1.82) is 0 Å². The van der Waals surface area contributed by atoms with Crippen molar-refractivity contribution in [1.82, 2.24) is 10.2 Å². The molecule has 1 aliphatic heterocycles. The molecule has 16 heavy (non-hydrogen) atoms. The molecule has 0 aromatic rings. The molecule has 1 saturated heterocycles. The smallest absolute Gasteiger partial charge is 0.140 e. The Morgan fingerprint density at radius 2 is 2.19 bits per heavy atom. The summed E-state index contributed by atoms with van der Waals surface area (Å²) >= 11 is 0. The van der Waals surface area contributed by atoms with Crippen molar-refractivity contribution in [3.63, 3.8) is 0 Å². The largest absolute Gasteiger partial charge is 0.409 e. The van der Waals surface area contributed by atoms with Gasteiger partial charge >= 0.3 is 0 Å². The molecule has 0 aliphatic carbocycles. The molecule has 1 heterocycles. The van der Waals surface area contributed by atoms with Gasteiger partial charge in [-0.3, -0.25) is 0 Å². The number of nitrogens with two attached hydrogens (primary N) is 1. The van der Waals surface area contributed by atoms with Crippen LogP contribution in [0, 0.1) is 0 Å². The summed E-state index contributed by atoms with van der Waals surface area (Å²) in [6.45, 7) is 6.76. The summed E-state index contributed by atoms with van der Waals surface area (Å²) < 4.78 is 0. The van der Waals surface area contributed by atoms with E-state index in [9.17, 15) is 0 Å². The van der Waals surface area contributed by atoms with Gasteiger partial charge < -0.3 is 21.2 Å². The first-order chi connectivity index (χ1) is 7.72. The molecule has 5 heteroatoms. The minimum atomic E-state index is 0.273. The molecule has 0 aromatic carbocycles. The molecule has 1 fully saturated rings. The van der Waals surface area contributed by atoms with Crippen molar-refractivity contribution in [2.45, 2.75) is 38.6 Å². The molecule has 0 bridgehead atoms. The van der Waals surface area contributed by atoms with Crippen LogP contribution in [0.25, 0.3) is 0 Å². The second kappa shape index (κ2) is 7.46. The lowest BCUT2D eigenvalue weighted by Gasteiger charge is -2.16. The van der Waals surface area contributed by atoms with Crippen LogP contribution in [0.3, 0.4) is 0 Å². The van der Waals surface area contributed by atoms with Crippen LogP contribution in [0.5, 0.6) is 0 Å². The fourth-order valence-electron chi connectivity index (χ4n) is 2.08. The summed E-state index contributed by atoms with van der Waals surface area (Å²) in [6.07, 6.45) is 4.47. The van der Waals surface area contributed by atoms with Crippen LogP contribution in [0.15, 0.2) is 5.16 Å². The number of amidine groups is 1. The Morgan fingerprint density at radius 1 is 1.50 bits per heavy atom. The van der Waals surface area contributed by atoms with Crippen molar-refractivity contribution in [3.05, 3.63) is 0 Å². The van der Waals surface area contributed by atoms with Crippen LogP contribution in [0.1, 0.15) is 32.6 Å². The Bertz CT molecular complexity index is 214. The van der Waals surface area contributed by atoms with E-state index in [-0.39, 0.29) is 6.04 Å². The fraction of sp³-hybridized carbons (Fsp3) is 0.909. The first kappa shape index (κ1) is 13.3. The number of oxime groups is 1. The van der Waals surface area contributed by atoms with Crippen LogP contribution in [0.2, 0.25) is 0 Å². The predicted molar refractivity (Wildman–Crippen MR) is 65.8 cm³/mol. The van der Waals surface area contributed by atoms with Gasteiger partial charge in [-0.1, -0.05) is 5.16 Å². The van der Waals surface area contributed by atoms with Crippen molar-refractivity contribution >= 4 is 5.84 Å². The number of likely N-dealkylation sites (tertiary alicyclic amines) is 1. The third-order valence-corrected chi connectivity index (χ3v) is 2.99. The Labute approximate surface area is 97.7 Å². The van der Waals surface area contributed by atoms with Gasteiger partial charge in [0, 0.05) is 12.5 Å². The van der Waals surface area contributed by atoms with E-state index in [2.05, 4.69) is 15.4 Å². The van der Waals surface area contributed by atoms with E-state index in [0.717, 1.165) is 6.54 Å². The van der Waals surface area contributed by atoms with Crippen LogP contribution in [0.4, 0.5) is 0 Å². The fourth-order valence-corrected chi connectivity index (χ4v) is 2.08. The normalized spacial score (nSPS) is 20.2. The maximum atomic E-state index is 8.43. The van der Waals surface area contributed by atoms with Crippen molar-refractivity contribution < 1.29 is 5.21 Å². The van der Waals surface area contributed by atoms with E-state index < -0.39 is 0 Å². The first-order valence-electron chi connectivity index (χ1n) is 6.14. The third-order valence-electron chi connectivity index (χ3n) is 2.99. The Kier molecular flexibility index (Phi) is 6.18. The molecule has 5 nitrogen and oxygen atoms in total. The topological polar surface area (TPSA) is 73.9 Å². The summed E-state index contributed by atoms with van der Waals surface area (Å²) in [7, 11) is 0. The SMILES string of the molecule is CC(CC(N)=NO)NCCCN1CCCC1. The number of hydrogen-bond acceptors (Lipinski definition) is 4. The summed E-state index contributed by atoms with van der Waals surface area (Å²) in [5.74, 6) is 0.291. The van der Waals surface area contributed by atoms with Crippen molar-refractivity contribution in [2.75, 3.05) is 26.2 Å². The van der Waals surface area contributed by atoms with Gasteiger partial charge in [0.2, 0.25) is 0 Å². The standard InChI is InChI=1S/C11H24N4O/c1-10(9-11(12)14-16)13-5-4-8-15-6-2-3-7-15/h10,13,16H,2-9H2,1H3,(H2,12,14). The molecular weight excluding hydrogens is 204 g/mol. The lowest BCUT2D eigenvalue weighted by Crippen LogP contribution is -2.33. The van der Waals surface area contributed by atoms with Gasteiger partial charge in [-0.25, -0.2) is 0 Å². The van der Waals surface area contributed by atoms with E-state index >= 15 is 0 Å². The van der Waals surface area contributed by atoms with E-state index in [0.29, 0.717) is 12.3 Å². The molecule has 0 spiro atoms. The zero-order valence-corrected chi connectivity index (χ0v) is 10.2. The number of nitrogens with one attached hydrogen (secondary N) is 1. The van der Waals surface area contributed by atoms with Gasteiger partial charge in [-0.15, -0.1) is 0 Å². The van der Waals surface area contributed by atoms with Gasteiger partial charge in [0.1, 0.15) is 5.84 Å². The molecule has 1 unspecified atom stereocenters. The minimum Gasteiger partial charge on any atom is -0.409 e. The molecule has 0 aromatic heterocycles. The molecular formula is C11H24N4O. The van der Waals surface area contributed by atoms with Gasteiger partial charge in [0.25, 0.3) is 0 Å². The van der Waals surface area contributed by atoms with Gasteiger partial charge in [0.05, 0.1) is 0 Å². The minimum absolute atomic E-state index is 0.273. The highest BCUT2D eigenvalue weighted by molar-refractivity contribution is 5.80. The zero-order valence-electron chi connectivity index (χ0n) is 10.2. The highest BCUT2D eigenvalue weighted by atomic mass is 16.4. The van der Waals surface area contributed by atoms with Crippen LogP contribution in [-0.2, 0) is 0 Å². The second-order valence-electron chi connectivity index (χ2n) is 4.55. The maximum Gasteiger partial charge on any atom is 0.140 e. The summed E-state index contributed by atoms with van der Waals surface area (Å²) in [4.78, 5) is 2.51. The van der Waals surface area contributed by atoms with Gasteiger partial charge in [0.15, 0.2) is 0 Å². The molecule has 1 rings (SSSR count). The number of rotatable bonds is 7. The summed E-state index contributed by atoms with van der Waals surface area (Å²) in [5.41, 5.74) is 5.43. The number of hydrogen-bond donors (Lipinski definition) is 3. The Morgan fingerprint density at radius 3 is 2.81 bits per heavy atom. The Balaban J connectivity index is 1.97. The summed E-state index contributed by atoms with van der Waals surface area (Å²) in [6, 6.07) is 0.273. The van der Waals surface area contributed by atoms with E-state index in [1.54, 1.807) is 0 Å². The molecule has 94 valence electrons. The first-order valence-corrected chi connectivity index (χ1v) is 6.14. The molecule has 1 aliphatic rings. The van der Waals surface area contributed by atoms with Crippen LogP contribution in [-0.4, -0.2) is 48.2 Å².